The summed E-state index contributed by atoms with van der Waals surface area (Å²) in [5.74, 6) is 0. The molecule has 0 saturated carbocycles. The standard InChI is InChI=1S/C14H19N3O3S/c1-11(16-14(18)17-9-3-2-4-10-17)12-5-7-13(8-6-12)21(15,19)20/h2-3,5-8,11H,4,9-10H2,1H3,(H,16,18)(H2,15,19,20)/t11-/m0/s1. The van der Waals surface area contributed by atoms with E-state index in [1.54, 1.807) is 17.0 Å². The maximum atomic E-state index is 12.1. The molecule has 7 heteroatoms. The number of nitrogens with one attached hydrogen (secondary N) is 1. The van der Waals surface area contributed by atoms with Crippen molar-refractivity contribution in [2.75, 3.05) is 13.1 Å². The van der Waals surface area contributed by atoms with Gasteiger partial charge in [-0.05, 0) is 31.0 Å². The number of primary sulfonamides is 1. The second-order valence-electron chi connectivity index (χ2n) is 4.99. The van der Waals surface area contributed by atoms with Crippen molar-refractivity contribution < 1.29 is 13.2 Å². The predicted octanol–water partition coefficient (Wildman–Crippen LogP) is 1.37. The molecular formula is C14H19N3O3S. The van der Waals surface area contributed by atoms with E-state index in [2.05, 4.69) is 11.4 Å². The maximum Gasteiger partial charge on any atom is 0.318 e. The van der Waals surface area contributed by atoms with Crippen LogP contribution in [0.1, 0.15) is 24.9 Å². The number of benzene rings is 1. The minimum absolute atomic E-state index is 0.0611. The van der Waals surface area contributed by atoms with E-state index < -0.39 is 10.0 Å². The van der Waals surface area contributed by atoms with E-state index >= 15 is 0 Å². The van der Waals surface area contributed by atoms with Crippen LogP contribution in [0.2, 0.25) is 0 Å². The number of nitrogens with zero attached hydrogens (tertiary/aromatic N) is 1. The molecule has 1 heterocycles. The Kier molecular flexibility index (Phi) is 4.64. The van der Waals surface area contributed by atoms with E-state index in [0.717, 1.165) is 12.0 Å². The van der Waals surface area contributed by atoms with Crippen LogP contribution in [0, 0.1) is 0 Å². The van der Waals surface area contributed by atoms with E-state index in [1.165, 1.54) is 12.1 Å². The molecule has 114 valence electrons. The summed E-state index contributed by atoms with van der Waals surface area (Å²) in [5, 5.41) is 7.95. The molecule has 2 rings (SSSR count). The van der Waals surface area contributed by atoms with Crippen molar-refractivity contribution in [3.05, 3.63) is 42.0 Å². The van der Waals surface area contributed by atoms with Gasteiger partial charge in [0.2, 0.25) is 10.0 Å². The van der Waals surface area contributed by atoms with Crippen molar-refractivity contribution >= 4 is 16.1 Å². The Labute approximate surface area is 124 Å². The van der Waals surface area contributed by atoms with Gasteiger partial charge in [-0.1, -0.05) is 24.3 Å². The zero-order chi connectivity index (χ0) is 15.5. The van der Waals surface area contributed by atoms with Gasteiger partial charge in [0, 0.05) is 13.1 Å². The van der Waals surface area contributed by atoms with Gasteiger partial charge in [-0.25, -0.2) is 18.4 Å². The highest BCUT2D eigenvalue weighted by molar-refractivity contribution is 7.89. The Morgan fingerprint density at radius 2 is 1.95 bits per heavy atom. The second-order valence-corrected chi connectivity index (χ2v) is 6.55. The fraction of sp³-hybridized carbons (Fsp3) is 0.357. The summed E-state index contributed by atoms with van der Waals surface area (Å²) in [7, 11) is -3.69. The lowest BCUT2D eigenvalue weighted by molar-refractivity contribution is 0.199. The first-order valence-electron chi connectivity index (χ1n) is 6.71. The van der Waals surface area contributed by atoms with E-state index in [4.69, 9.17) is 5.14 Å². The molecule has 1 aromatic rings. The Hall–Kier alpha value is -1.86. The molecule has 2 amide bonds. The number of hydrogen-bond acceptors (Lipinski definition) is 3. The molecule has 0 radical (unpaired) electrons. The average Bonchev–Trinajstić information content (AvgIpc) is 2.47. The van der Waals surface area contributed by atoms with Crippen LogP contribution in [0.4, 0.5) is 4.79 Å². The minimum Gasteiger partial charge on any atom is -0.331 e. The first kappa shape index (κ1) is 15.5. The van der Waals surface area contributed by atoms with E-state index in [1.807, 2.05) is 13.0 Å². The third-order valence-corrected chi connectivity index (χ3v) is 4.32. The van der Waals surface area contributed by atoms with Crippen LogP contribution in [0.25, 0.3) is 0 Å². The van der Waals surface area contributed by atoms with Crippen LogP contribution in [0.3, 0.4) is 0 Å². The highest BCUT2D eigenvalue weighted by atomic mass is 32.2. The first-order chi connectivity index (χ1) is 9.88. The number of carbonyl (C=O) groups is 1. The number of sulfonamides is 1. The maximum absolute atomic E-state index is 12.1. The molecular weight excluding hydrogens is 290 g/mol. The SMILES string of the molecule is C[C@H](NC(=O)N1CC=CCC1)c1ccc(S(N)(=O)=O)cc1. The molecule has 1 aromatic carbocycles. The van der Waals surface area contributed by atoms with Crippen LogP contribution in [-0.4, -0.2) is 32.4 Å². The largest absolute Gasteiger partial charge is 0.331 e. The summed E-state index contributed by atoms with van der Waals surface area (Å²) in [6.45, 7) is 3.17. The molecule has 0 aliphatic carbocycles. The van der Waals surface area contributed by atoms with Crippen molar-refractivity contribution in [2.45, 2.75) is 24.3 Å². The van der Waals surface area contributed by atoms with Gasteiger partial charge in [0.05, 0.1) is 10.9 Å². The number of amides is 2. The molecule has 0 saturated heterocycles. The molecule has 1 atom stereocenters. The molecule has 1 aliphatic heterocycles. The summed E-state index contributed by atoms with van der Waals surface area (Å²) in [6, 6.07) is 5.86. The molecule has 3 N–H and O–H groups in total. The molecule has 0 fully saturated rings. The predicted molar refractivity (Wildman–Crippen MR) is 80.1 cm³/mol. The van der Waals surface area contributed by atoms with Crippen molar-refractivity contribution in [3.8, 4) is 0 Å². The summed E-state index contributed by atoms with van der Waals surface area (Å²) < 4.78 is 22.4. The van der Waals surface area contributed by atoms with Crippen molar-refractivity contribution in [1.82, 2.24) is 10.2 Å². The summed E-state index contributed by atoms with van der Waals surface area (Å²) in [5.41, 5.74) is 0.823. The highest BCUT2D eigenvalue weighted by Gasteiger charge is 2.17. The van der Waals surface area contributed by atoms with Crippen LogP contribution in [0.15, 0.2) is 41.3 Å². The van der Waals surface area contributed by atoms with E-state index in [0.29, 0.717) is 13.1 Å². The lowest BCUT2D eigenvalue weighted by Gasteiger charge is -2.26. The van der Waals surface area contributed by atoms with Gasteiger partial charge in [0.15, 0.2) is 0 Å². The van der Waals surface area contributed by atoms with Crippen molar-refractivity contribution in [2.24, 2.45) is 5.14 Å². The second kappa shape index (κ2) is 6.28. The monoisotopic (exact) mass is 309 g/mol. The molecule has 6 nitrogen and oxygen atoms in total. The first-order valence-corrected chi connectivity index (χ1v) is 8.26. The molecule has 21 heavy (non-hydrogen) atoms. The Morgan fingerprint density at radius 1 is 1.29 bits per heavy atom. The zero-order valence-electron chi connectivity index (χ0n) is 11.8. The molecule has 0 spiro atoms. The topological polar surface area (TPSA) is 92.5 Å². The van der Waals surface area contributed by atoms with Gasteiger partial charge < -0.3 is 10.2 Å². The van der Waals surface area contributed by atoms with Crippen LogP contribution in [0.5, 0.6) is 0 Å². The van der Waals surface area contributed by atoms with Crippen LogP contribution in [-0.2, 0) is 10.0 Å². The average molecular weight is 309 g/mol. The number of hydrogen-bond donors (Lipinski definition) is 2. The number of carbonyl (C=O) groups excluding carboxylic acids is 1. The number of nitrogens with two attached hydrogens (primary N) is 1. The quantitative estimate of drug-likeness (QED) is 0.826. The van der Waals surface area contributed by atoms with Gasteiger partial charge in [-0.15, -0.1) is 0 Å². The number of rotatable bonds is 3. The lowest BCUT2D eigenvalue weighted by atomic mass is 10.1. The van der Waals surface area contributed by atoms with Gasteiger partial charge in [-0.3, -0.25) is 0 Å². The zero-order valence-corrected chi connectivity index (χ0v) is 12.6. The molecule has 1 aliphatic rings. The third-order valence-electron chi connectivity index (χ3n) is 3.39. The fourth-order valence-electron chi connectivity index (χ4n) is 2.13. The number of urea groups is 1. The van der Waals surface area contributed by atoms with Crippen molar-refractivity contribution in [1.29, 1.82) is 0 Å². The Morgan fingerprint density at radius 3 is 2.48 bits per heavy atom. The van der Waals surface area contributed by atoms with Gasteiger partial charge >= 0.3 is 6.03 Å². The normalized spacial score (nSPS) is 16.6. The van der Waals surface area contributed by atoms with Gasteiger partial charge in [0.1, 0.15) is 0 Å². The van der Waals surface area contributed by atoms with E-state index in [9.17, 15) is 13.2 Å². The third kappa shape index (κ3) is 4.05. The van der Waals surface area contributed by atoms with Gasteiger partial charge in [0.25, 0.3) is 0 Å². The smallest absolute Gasteiger partial charge is 0.318 e. The van der Waals surface area contributed by atoms with Gasteiger partial charge in [-0.2, -0.15) is 0 Å². The van der Waals surface area contributed by atoms with Crippen LogP contribution >= 0.6 is 0 Å². The van der Waals surface area contributed by atoms with Crippen molar-refractivity contribution in [3.63, 3.8) is 0 Å². The Balaban J connectivity index is 2.01. The highest BCUT2D eigenvalue weighted by Crippen LogP contribution is 2.16. The lowest BCUT2D eigenvalue weighted by Crippen LogP contribution is -2.42. The Bertz CT molecular complexity index is 638. The molecule has 0 aromatic heterocycles. The minimum atomic E-state index is -3.69. The molecule has 0 unspecified atom stereocenters. The molecule has 0 bridgehead atoms. The summed E-state index contributed by atoms with van der Waals surface area (Å²) >= 11 is 0. The fourth-order valence-corrected chi connectivity index (χ4v) is 2.65. The van der Waals surface area contributed by atoms with E-state index in [-0.39, 0.29) is 17.0 Å². The van der Waals surface area contributed by atoms with Crippen LogP contribution < -0.4 is 10.5 Å². The summed E-state index contributed by atoms with van der Waals surface area (Å²) in [4.78, 5) is 13.9. The summed E-state index contributed by atoms with van der Waals surface area (Å²) in [6.07, 6.45) is 4.89.